The number of nitrogens with one attached hydrogen (secondary N) is 5. The van der Waals surface area contributed by atoms with E-state index in [-0.39, 0.29) is 18.6 Å². The van der Waals surface area contributed by atoms with Crippen LogP contribution in [0.3, 0.4) is 0 Å². The molecule has 0 heterocycles. The van der Waals surface area contributed by atoms with Crippen molar-refractivity contribution in [2.24, 2.45) is 0 Å². The largest absolute Gasteiger partial charge is 0.677 e. The molecule has 0 unspecified atom stereocenters. The van der Waals surface area contributed by atoms with E-state index in [2.05, 4.69) is 0 Å². The van der Waals surface area contributed by atoms with Crippen molar-refractivity contribution in [3.05, 3.63) is 28.7 Å². The Morgan fingerprint density at radius 3 is 0.429 bits per heavy atom. The SMILES string of the molecule is CCC[NH-].CCC[NH-].CCC[NH-].CCC[NH-].CCC[NH-].[V]. The standard InChI is InChI=1S/5C3H8N.V/c5*1-2-3-4;/h5*4H,2-3H2,1H3;/q5*-1;. The summed E-state index contributed by atoms with van der Waals surface area (Å²) < 4.78 is 0. The molecule has 0 aromatic rings. The maximum atomic E-state index is 6.45. The predicted molar refractivity (Wildman–Crippen MR) is 97.4 cm³/mol. The Labute approximate surface area is 147 Å². The summed E-state index contributed by atoms with van der Waals surface area (Å²) in [5, 5.41) is 0. The zero-order chi connectivity index (χ0) is 17.1. The first kappa shape index (κ1) is 37.5. The predicted octanol–water partition coefficient (Wildman–Crippen LogP) is 7.24. The van der Waals surface area contributed by atoms with Gasteiger partial charge in [-0.2, -0.15) is 32.7 Å². The average Bonchev–Trinajstić information content (AvgIpc) is 2.55. The van der Waals surface area contributed by atoms with Gasteiger partial charge in [-0.3, -0.25) is 0 Å². The Morgan fingerprint density at radius 1 is 0.381 bits per heavy atom. The Kier molecular flexibility index (Phi) is 127. The smallest absolute Gasteiger partial charge is 0 e. The van der Waals surface area contributed by atoms with Crippen LogP contribution in [-0.4, -0.2) is 32.7 Å². The number of hydrogen-bond donors (Lipinski definition) is 0. The second kappa shape index (κ2) is 71.0. The van der Waals surface area contributed by atoms with Gasteiger partial charge >= 0.3 is 0 Å². The first-order valence-corrected chi connectivity index (χ1v) is 7.80. The zero-order valence-electron chi connectivity index (χ0n) is 15.0. The van der Waals surface area contributed by atoms with Crippen LogP contribution in [0.2, 0.25) is 0 Å². The zero-order valence-corrected chi connectivity index (χ0v) is 16.4. The topological polar surface area (TPSA) is 119 Å². The third-order valence-corrected chi connectivity index (χ3v) is 1.25. The molecular weight excluding hydrogens is 301 g/mol. The minimum atomic E-state index is 0. The summed E-state index contributed by atoms with van der Waals surface area (Å²) in [7, 11) is 0. The molecule has 0 fully saturated rings. The Balaban J connectivity index is -0.0000000331. The van der Waals surface area contributed by atoms with Crippen LogP contribution in [-0.2, 0) is 18.6 Å². The molecule has 0 spiro atoms. The normalized spacial score (nSPS) is 7.14. The van der Waals surface area contributed by atoms with E-state index in [9.17, 15) is 0 Å². The van der Waals surface area contributed by atoms with Crippen LogP contribution < -0.4 is 0 Å². The summed E-state index contributed by atoms with van der Waals surface area (Å²) >= 11 is 0. The molecule has 0 saturated heterocycles. The van der Waals surface area contributed by atoms with Gasteiger partial charge in [0.2, 0.25) is 0 Å². The van der Waals surface area contributed by atoms with Gasteiger partial charge in [-0.05, 0) is 0 Å². The molecule has 0 aliphatic rings. The molecule has 0 aliphatic heterocycles. The molecule has 0 aromatic carbocycles. The third-order valence-electron chi connectivity index (χ3n) is 1.25. The van der Waals surface area contributed by atoms with Gasteiger partial charge in [0.25, 0.3) is 0 Å². The van der Waals surface area contributed by atoms with Gasteiger partial charge in [0.05, 0.1) is 0 Å². The van der Waals surface area contributed by atoms with E-state index >= 15 is 0 Å². The van der Waals surface area contributed by atoms with Crippen molar-refractivity contribution < 1.29 is 18.6 Å². The van der Waals surface area contributed by atoms with Crippen LogP contribution in [0.15, 0.2) is 0 Å². The van der Waals surface area contributed by atoms with Crippen molar-refractivity contribution in [3.8, 4) is 0 Å². The average molecular weight is 341 g/mol. The fraction of sp³-hybridized carbons (Fsp3) is 1.00. The molecule has 1 radical (unpaired) electrons. The number of rotatable bonds is 5. The minimum Gasteiger partial charge on any atom is -0.677 e. The molecule has 135 valence electrons. The van der Waals surface area contributed by atoms with Crippen molar-refractivity contribution >= 4 is 0 Å². The Hall–Kier alpha value is 0.384. The van der Waals surface area contributed by atoms with Gasteiger partial charge in [-0.1, -0.05) is 66.7 Å². The minimum absolute atomic E-state index is 0. The molecule has 5 nitrogen and oxygen atoms in total. The third kappa shape index (κ3) is 238. The second-order valence-corrected chi connectivity index (χ2v) is 3.75. The van der Waals surface area contributed by atoms with Crippen LogP contribution in [0.1, 0.15) is 66.7 Å². The van der Waals surface area contributed by atoms with Crippen LogP contribution >= 0.6 is 0 Å². The molecule has 0 saturated carbocycles. The molecule has 0 bridgehead atoms. The fourth-order valence-electron chi connectivity index (χ4n) is 0. The summed E-state index contributed by atoms with van der Waals surface area (Å²) in [6.45, 7) is 12.8. The van der Waals surface area contributed by atoms with E-state index in [0.717, 1.165) is 32.1 Å². The van der Waals surface area contributed by atoms with Crippen molar-refractivity contribution in [1.29, 1.82) is 0 Å². The molecule has 6 heteroatoms. The molecule has 5 N–H and O–H groups in total. The van der Waals surface area contributed by atoms with E-state index < -0.39 is 0 Å². The Morgan fingerprint density at radius 2 is 0.429 bits per heavy atom. The molecular formula is C15H40N5V-5. The summed E-state index contributed by atoms with van der Waals surface area (Å²) in [6.07, 6.45) is 4.93. The Bertz CT molecular complexity index is 55.2. The van der Waals surface area contributed by atoms with Gasteiger partial charge in [0.1, 0.15) is 0 Å². The summed E-state index contributed by atoms with van der Waals surface area (Å²) in [6, 6.07) is 0. The van der Waals surface area contributed by atoms with Crippen molar-refractivity contribution in [1.82, 2.24) is 0 Å². The summed E-state index contributed by atoms with van der Waals surface area (Å²) in [5.41, 5.74) is 32.3. The summed E-state index contributed by atoms with van der Waals surface area (Å²) in [5.74, 6) is 0. The van der Waals surface area contributed by atoms with Crippen LogP contribution in [0.5, 0.6) is 0 Å². The van der Waals surface area contributed by atoms with E-state index in [4.69, 9.17) is 28.7 Å². The van der Waals surface area contributed by atoms with Crippen molar-refractivity contribution in [3.63, 3.8) is 0 Å². The first-order chi connectivity index (χ1) is 9.57. The van der Waals surface area contributed by atoms with Gasteiger partial charge in [-0.25, -0.2) is 0 Å². The molecule has 21 heavy (non-hydrogen) atoms. The van der Waals surface area contributed by atoms with Crippen LogP contribution in [0.4, 0.5) is 0 Å². The molecule has 0 atom stereocenters. The first-order valence-electron chi connectivity index (χ1n) is 7.80. The fourth-order valence-corrected chi connectivity index (χ4v) is 0. The molecule has 0 amide bonds. The van der Waals surface area contributed by atoms with Gasteiger partial charge in [-0.15, -0.1) is 0 Å². The van der Waals surface area contributed by atoms with Crippen LogP contribution in [0, 0.1) is 0 Å². The monoisotopic (exact) mass is 341 g/mol. The van der Waals surface area contributed by atoms with E-state index in [1.54, 1.807) is 0 Å². The number of hydrogen-bond acceptors (Lipinski definition) is 0. The van der Waals surface area contributed by atoms with Gasteiger partial charge in [0.15, 0.2) is 0 Å². The van der Waals surface area contributed by atoms with Crippen LogP contribution in [0.25, 0.3) is 28.7 Å². The molecule has 0 aromatic heterocycles. The van der Waals surface area contributed by atoms with E-state index in [1.165, 1.54) is 0 Å². The van der Waals surface area contributed by atoms with E-state index in [1.807, 2.05) is 34.6 Å². The maximum absolute atomic E-state index is 6.45. The summed E-state index contributed by atoms with van der Waals surface area (Å²) in [4.78, 5) is 0. The van der Waals surface area contributed by atoms with Crippen molar-refractivity contribution in [2.75, 3.05) is 32.7 Å². The van der Waals surface area contributed by atoms with Gasteiger partial charge in [0, 0.05) is 18.6 Å². The van der Waals surface area contributed by atoms with Gasteiger partial charge < -0.3 is 28.7 Å². The van der Waals surface area contributed by atoms with E-state index in [0.29, 0.717) is 32.7 Å². The maximum Gasteiger partial charge on any atom is 0 e. The second-order valence-electron chi connectivity index (χ2n) is 3.75. The van der Waals surface area contributed by atoms with Crippen molar-refractivity contribution in [2.45, 2.75) is 66.7 Å². The quantitative estimate of drug-likeness (QED) is 0.500. The molecule has 0 aliphatic carbocycles. The molecule has 0 rings (SSSR count).